The lowest BCUT2D eigenvalue weighted by atomic mass is 10.2. The van der Waals surface area contributed by atoms with Crippen molar-refractivity contribution < 1.29 is 13.2 Å². The van der Waals surface area contributed by atoms with E-state index in [0.29, 0.717) is 31.7 Å². The minimum Gasteiger partial charge on any atom is -0.371 e. The van der Waals surface area contributed by atoms with Crippen LogP contribution in [0.1, 0.15) is 42.7 Å². The Bertz CT molecular complexity index is 1040. The molecule has 0 radical (unpaired) electrons. The third kappa shape index (κ3) is 3.70. The highest BCUT2D eigenvalue weighted by Crippen LogP contribution is 2.32. The summed E-state index contributed by atoms with van der Waals surface area (Å²) in [5.41, 5.74) is 3.11. The lowest BCUT2D eigenvalue weighted by molar-refractivity contribution is 0.0984. The van der Waals surface area contributed by atoms with Gasteiger partial charge in [0.05, 0.1) is 4.90 Å². The molecule has 30 heavy (non-hydrogen) atoms. The van der Waals surface area contributed by atoms with Crippen LogP contribution in [0.3, 0.4) is 0 Å². The van der Waals surface area contributed by atoms with Crippen LogP contribution < -0.4 is 9.80 Å². The first-order valence-electron chi connectivity index (χ1n) is 10.6. The number of pyridine rings is 1. The Morgan fingerprint density at radius 2 is 1.80 bits per heavy atom. The molecule has 1 amide bonds. The van der Waals surface area contributed by atoms with Crippen molar-refractivity contribution in [3.8, 4) is 0 Å². The fraction of sp³-hybridized carbons (Fsp3) is 0.455. The molecular weight excluding hydrogens is 400 g/mol. The zero-order valence-corrected chi connectivity index (χ0v) is 18.4. The van der Waals surface area contributed by atoms with Crippen LogP contribution in [0.25, 0.3) is 0 Å². The summed E-state index contributed by atoms with van der Waals surface area (Å²) < 4.78 is 27.1. The second-order valence-corrected chi connectivity index (χ2v) is 9.62. The quantitative estimate of drug-likeness (QED) is 0.707. The van der Waals surface area contributed by atoms with Gasteiger partial charge < -0.3 is 9.80 Å². The molecule has 2 aliphatic rings. The van der Waals surface area contributed by atoms with Gasteiger partial charge in [0.25, 0.3) is 5.91 Å². The summed E-state index contributed by atoms with van der Waals surface area (Å²) in [6, 6.07) is 8.88. The molecule has 0 atom stereocenters. The summed E-state index contributed by atoms with van der Waals surface area (Å²) in [5, 5.41) is 0. The number of amides is 1. The van der Waals surface area contributed by atoms with E-state index in [1.54, 1.807) is 29.3 Å². The van der Waals surface area contributed by atoms with Gasteiger partial charge in [0.1, 0.15) is 5.69 Å². The Labute approximate surface area is 178 Å². The van der Waals surface area contributed by atoms with Crippen molar-refractivity contribution >= 4 is 27.3 Å². The molecule has 0 bridgehead atoms. The van der Waals surface area contributed by atoms with Gasteiger partial charge in [0.2, 0.25) is 10.0 Å². The van der Waals surface area contributed by atoms with Crippen molar-refractivity contribution in [3.63, 3.8) is 0 Å². The number of hydrogen-bond acceptors (Lipinski definition) is 5. The van der Waals surface area contributed by atoms with E-state index in [1.807, 2.05) is 26.0 Å². The molecule has 3 heterocycles. The van der Waals surface area contributed by atoms with Gasteiger partial charge in [-0.15, -0.1) is 0 Å². The molecule has 1 fully saturated rings. The summed E-state index contributed by atoms with van der Waals surface area (Å²) in [6.07, 6.45) is 4.67. The standard InChI is InChI=1S/C22H28N4O3S/c1-3-25(4-2)30(28,29)19-7-8-21-17(15-19)10-14-26(21)22(27)20-16-18(9-11-23-20)24-12-5-6-13-24/h7-9,11,15-16H,3-6,10,12-14H2,1-2H3. The predicted molar refractivity (Wildman–Crippen MR) is 118 cm³/mol. The second kappa shape index (κ2) is 8.35. The molecule has 7 nitrogen and oxygen atoms in total. The van der Waals surface area contributed by atoms with Crippen LogP contribution in [0.2, 0.25) is 0 Å². The Balaban J connectivity index is 1.59. The molecule has 0 spiro atoms. The average molecular weight is 429 g/mol. The van der Waals surface area contributed by atoms with Crippen LogP contribution in [0.5, 0.6) is 0 Å². The minimum atomic E-state index is -3.52. The number of fused-ring (bicyclic) bond motifs is 1. The van der Waals surface area contributed by atoms with Crippen LogP contribution in [-0.4, -0.2) is 56.3 Å². The maximum atomic E-state index is 13.2. The second-order valence-electron chi connectivity index (χ2n) is 7.68. The molecule has 0 saturated carbocycles. The lowest BCUT2D eigenvalue weighted by Crippen LogP contribution is -2.31. The number of carbonyl (C=O) groups is 1. The topological polar surface area (TPSA) is 73.8 Å². The van der Waals surface area contributed by atoms with Crippen LogP contribution in [0.15, 0.2) is 41.4 Å². The number of sulfonamides is 1. The summed E-state index contributed by atoms with van der Waals surface area (Å²) in [6.45, 7) is 7.07. The zero-order valence-electron chi connectivity index (χ0n) is 17.5. The molecule has 1 saturated heterocycles. The summed E-state index contributed by atoms with van der Waals surface area (Å²) >= 11 is 0. The zero-order chi connectivity index (χ0) is 21.3. The molecule has 1 aromatic heterocycles. The third-order valence-electron chi connectivity index (χ3n) is 5.97. The predicted octanol–water partition coefficient (Wildman–Crippen LogP) is 2.92. The van der Waals surface area contributed by atoms with Gasteiger partial charge in [0, 0.05) is 50.3 Å². The van der Waals surface area contributed by atoms with E-state index in [2.05, 4.69) is 9.88 Å². The number of benzene rings is 1. The number of nitrogens with zero attached hydrogens (tertiary/aromatic N) is 4. The number of anilines is 2. The number of rotatable bonds is 6. The summed E-state index contributed by atoms with van der Waals surface area (Å²) in [4.78, 5) is 21.8. The van der Waals surface area contributed by atoms with Crippen molar-refractivity contribution in [2.75, 3.05) is 42.5 Å². The highest BCUT2D eigenvalue weighted by Gasteiger charge is 2.29. The number of hydrogen-bond donors (Lipinski definition) is 0. The summed E-state index contributed by atoms with van der Waals surface area (Å²) in [7, 11) is -3.52. The Morgan fingerprint density at radius 3 is 2.50 bits per heavy atom. The van der Waals surface area contributed by atoms with Gasteiger partial charge in [-0.2, -0.15) is 4.31 Å². The fourth-order valence-corrected chi connectivity index (χ4v) is 5.82. The van der Waals surface area contributed by atoms with Crippen molar-refractivity contribution in [3.05, 3.63) is 47.8 Å². The van der Waals surface area contributed by atoms with E-state index >= 15 is 0 Å². The van der Waals surface area contributed by atoms with Gasteiger partial charge in [-0.3, -0.25) is 9.78 Å². The van der Waals surface area contributed by atoms with E-state index in [0.717, 1.165) is 30.0 Å². The molecule has 2 aliphatic heterocycles. The average Bonchev–Trinajstić information content (AvgIpc) is 3.44. The monoisotopic (exact) mass is 428 g/mol. The van der Waals surface area contributed by atoms with Gasteiger partial charge in [-0.05, 0) is 55.2 Å². The van der Waals surface area contributed by atoms with E-state index in [1.165, 1.54) is 17.1 Å². The first kappa shape index (κ1) is 20.8. The molecule has 0 N–H and O–H groups in total. The van der Waals surface area contributed by atoms with Gasteiger partial charge >= 0.3 is 0 Å². The smallest absolute Gasteiger partial charge is 0.276 e. The van der Waals surface area contributed by atoms with Crippen LogP contribution in [0.4, 0.5) is 11.4 Å². The molecule has 0 unspecified atom stereocenters. The molecular formula is C22H28N4O3S. The van der Waals surface area contributed by atoms with Gasteiger partial charge in [-0.1, -0.05) is 13.8 Å². The van der Waals surface area contributed by atoms with E-state index < -0.39 is 10.0 Å². The fourth-order valence-electron chi connectivity index (χ4n) is 4.31. The van der Waals surface area contributed by atoms with E-state index in [9.17, 15) is 13.2 Å². The normalized spacial score (nSPS) is 16.4. The van der Waals surface area contributed by atoms with Crippen LogP contribution in [-0.2, 0) is 16.4 Å². The van der Waals surface area contributed by atoms with E-state index in [-0.39, 0.29) is 10.8 Å². The third-order valence-corrected chi connectivity index (χ3v) is 8.01. The maximum absolute atomic E-state index is 13.2. The van der Waals surface area contributed by atoms with Crippen molar-refractivity contribution in [1.82, 2.24) is 9.29 Å². The van der Waals surface area contributed by atoms with Crippen molar-refractivity contribution in [1.29, 1.82) is 0 Å². The Hall–Kier alpha value is -2.45. The molecule has 2 aromatic rings. The Morgan fingerprint density at radius 1 is 1.07 bits per heavy atom. The SMILES string of the molecule is CCN(CC)S(=O)(=O)c1ccc2c(c1)CCN2C(=O)c1cc(N2CCCC2)ccn1. The first-order chi connectivity index (χ1) is 14.5. The molecule has 1 aromatic carbocycles. The maximum Gasteiger partial charge on any atom is 0.276 e. The van der Waals surface area contributed by atoms with Crippen molar-refractivity contribution in [2.45, 2.75) is 38.0 Å². The number of carbonyl (C=O) groups excluding carboxylic acids is 1. The molecule has 4 rings (SSSR count). The van der Waals surface area contributed by atoms with Crippen LogP contribution >= 0.6 is 0 Å². The first-order valence-corrected chi connectivity index (χ1v) is 12.1. The number of aromatic nitrogens is 1. The van der Waals surface area contributed by atoms with Crippen LogP contribution in [0, 0.1) is 0 Å². The largest absolute Gasteiger partial charge is 0.371 e. The van der Waals surface area contributed by atoms with E-state index in [4.69, 9.17) is 0 Å². The minimum absolute atomic E-state index is 0.144. The highest BCUT2D eigenvalue weighted by atomic mass is 32.2. The summed E-state index contributed by atoms with van der Waals surface area (Å²) in [5.74, 6) is -0.144. The lowest BCUT2D eigenvalue weighted by Gasteiger charge is -2.21. The van der Waals surface area contributed by atoms with Crippen molar-refractivity contribution in [2.24, 2.45) is 0 Å². The van der Waals surface area contributed by atoms with Gasteiger partial charge in [-0.25, -0.2) is 8.42 Å². The Kier molecular flexibility index (Phi) is 5.79. The highest BCUT2D eigenvalue weighted by molar-refractivity contribution is 7.89. The van der Waals surface area contributed by atoms with Gasteiger partial charge in [0.15, 0.2) is 0 Å². The molecule has 160 valence electrons. The molecule has 0 aliphatic carbocycles. The molecule has 8 heteroatoms.